The molecule has 0 radical (unpaired) electrons. The van der Waals surface area contributed by atoms with Gasteiger partial charge < -0.3 is 10.1 Å². The Morgan fingerprint density at radius 2 is 1.62 bits per heavy atom. The second kappa shape index (κ2) is 16.8. The summed E-state index contributed by atoms with van der Waals surface area (Å²) in [6.45, 7) is 0.379. The van der Waals surface area contributed by atoms with E-state index < -0.39 is 44.4 Å². The Bertz CT molecular complexity index is 1140. The molecule has 1 aromatic rings. The number of hydrogen-bond donors (Lipinski definition) is 3. The molecule has 0 bridgehead atoms. The fraction of sp³-hybridized carbons (Fsp3) is 0.565. The second-order valence-corrected chi connectivity index (χ2v) is 11.2. The van der Waals surface area contributed by atoms with Gasteiger partial charge in [-0.1, -0.05) is 61.7 Å². The van der Waals surface area contributed by atoms with Crippen molar-refractivity contribution in [1.82, 2.24) is 5.32 Å². The second-order valence-electron chi connectivity index (χ2n) is 8.77. The van der Waals surface area contributed by atoms with Crippen molar-refractivity contribution in [3.8, 4) is 5.75 Å². The minimum absolute atomic E-state index is 0. The minimum atomic E-state index is -4.92. The van der Waals surface area contributed by atoms with Crippen LogP contribution in [-0.2, 0) is 34.1 Å². The molecule has 3 amide bonds. The number of nitrogens with zero attached hydrogens (tertiary/aromatic N) is 1. The van der Waals surface area contributed by atoms with Crippen molar-refractivity contribution in [3.05, 3.63) is 28.2 Å². The van der Waals surface area contributed by atoms with Gasteiger partial charge in [-0.15, -0.1) is 0 Å². The molecule has 1 saturated heterocycles. The van der Waals surface area contributed by atoms with Crippen molar-refractivity contribution in [2.75, 3.05) is 13.2 Å². The van der Waals surface area contributed by atoms with E-state index in [0.717, 1.165) is 38.5 Å². The van der Waals surface area contributed by atoms with Crippen molar-refractivity contribution >= 4 is 86.6 Å². The summed E-state index contributed by atoms with van der Waals surface area (Å²) in [6.07, 6.45) is 5.33. The number of carbonyl (C=O) groups excluding carboxylic acids is 4. The molecule has 39 heavy (non-hydrogen) atoms. The molecule has 0 aliphatic carbocycles. The fourth-order valence-electron chi connectivity index (χ4n) is 3.68. The van der Waals surface area contributed by atoms with Crippen LogP contribution in [0.3, 0.4) is 0 Å². The number of quaternary nitrogens is 1. The SMILES string of the molecule is O=C(COc1ccc(Cl)cc1Cl)NCCCCCCCCCCC(=O)O[N+]1(O)C(=O)CC(S(=O)(=O)O)C1=O.[NaH]. The molecule has 16 heteroatoms. The molecule has 2 unspecified atom stereocenters. The van der Waals surface area contributed by atoms with E-state index in [-0.39, 0.29) is 48.5 Å². The number of halogens is 2. The maximum absolute atomic E-state index is 11.9. The molecule has 214 valence electrons. The van der Waals surface area contributed by atoms with Gasteiger partial charge in [0.2, 0.25) is 5.25 Å². The molecule has 0 saturated carbocycles. The Balaban J connectivity index is 0.00000760. The molecule has 1 aliphatic heterocycles. The van der Waals surface area contributed by atoms with E-state index in [4.69, 9.17) is 32.5 Å². The van der Waals surface area contributed by atoms with Gasteiger partial charge in [0, 0.05) is 11.6 Å². The quantitative estimate of drug-likeness (QED) is 0.0621. The van der Waals surface area contributed by atoms with Crippen LogP contribution in [0.2, 0.25) is 10.0 Å². The van der Waals surface area contributed by atoms with Crippen molar-refractivity contribution in [2.24, 2.45) is 0 Å². The van der Waals surface area contributed by atoms with E-state index >= 15 is 0 Å². The van der Waals surface area contributed by atoms with Gasteiger partial charge in [-0.2, -0.15) is 13.6 Å². The summed E-state index contributed by atoms with van der Waals surface area (Å²) in [5, 5.41) is 11.4. The first-order valence-electron chi connectivity index (χ1n) is 12.1. The number of hydrogen-bond acceptors (Lipinski definition) is 9. The van der Waals surface area contributed by atoms with E-state index in [1.807, 2.05) is 0 Å². The number of rotatable bonds is 16. The third-order valence-electron chi connectivity index (χ3n) is 5.75. The van der Waals surface area contributed by atoms with E-state index in [9.17, 15) is 32.8 Å². The third-order valence-corrected chi connectivity index (χ3v) is 7.37. The van der Waals surface area contributed by atoms with Gasteiger partial charge in [0.05, 0.1) is 11.4 Å². The van der Waals surface area contributed by atoms with E-state index in [0.29, 0.717) is 35.2 Å². The first-order valence-corrected chi connectivity index (χ1v) is 14.3. The number of nitrogens with one attached hydrogen (secondary N) is 1. The van der Waals surface area contributed by atoms with Gasteiger partial charge in [-0.3, -0.25) is 9.35 Å². The molecule has 2 rings (SSSR count). The van der Waals surface area contributed by atoms with Crippen LogP contribution < -0.4 is 10.1 Å². The van der Waals surface area contributed by atoms with Crippen LogP contribution in [0.5, 0.6) is 5.75 Å². The van der Waals surface area contributed by atoms with Crippen LogP contribution in [0, 0.1) is 0 Å². The molecule has 1 aliphatic rings. The summed E-state index contributed by atoms with van der Waals surface area (Å²) in [6, 6.07) is 4.75. The Morgan fingerprint density at radius 1 is 1.03 bits per heavy atom. The monoisotopic (exact) mass is 621 g/mol. The Morgan fingerprint density at radius 3 is 2.18 bits per heavy atom. The maximum atomic E-state index is 11.9. The molecular formula is C23H32Cl2N2NaO10S+. The number of amides is 3. The average Bonchev–Trinajstić information content (AvgIpc) is 3.05. The summed E-state index contributed by atoms with van der Waals surface area (Å²) < 4.78 is 36.6. The number of hydroxylamine groups is 4. The van der Waals surface area contributed by atoms with Gasteiger partial charge >= 0.3 is 47.3 Å². The van der Waals surface area contributed by atoms with Crippen molar-refractivity contribution in [2.45, 2.75) is 69.5 Å². The number of unbranched alkanes of at least 4 members (excludes halogenated alkanes) is 7. The summed E-state index contributed by atoms with van der Waals surface area (Å²) in [7, 11) is -4.92. The fourth-order valence-corrected chi connectivity index (χ4v) is 4.89. The molecule has 0 aromatic heterocycles. The van der Waals surface area contributed by atoms with Crippen LogP contribution in [-0.4, -0.2) is 94.6 Å². The van der Waals surface area contributed by atoms with Gasteiger partial charge in [0.25, 0.3) is 16.0 Å². The zero-order valence-electron chi connectivity index (χ0n) is 20.6. The van der Waals surface area contributed by atoms with Crippen LogP contribution in [0.15, 0.2) is 18.2 Å². The van der Waals surface area contributed by atoms with Crippen LogP contribution >= 0.6 is 23.2 Å². The van der Waals surface area contributed by atoms with Gasteiger partial charge in [-0.05, 0) is 31.0 Å². The van der Waals surface area contributed by atoms with E-state index in [1.165, 1.54) is 6.07 Å². The van der Waals surface area contributed by atoms with Crippen LogP contribution in [0.25, 0.3) is 0 Å². The third kappa shape index (κ3) is 11.6. The molecule has 0 spiro atoms. The number of ether oxygens (including phenoxy) is 1. The predicted molar refractivity (Wildman–Crippen MR) is 142 cm³/mol. The Labute approximate surface area is 258 Å². The van der Waals surface area contributed by atoms with E-state index in [1.54, 1.807) is 12.1 Å². The predicted octanol–water partition coefficient (Wildman–Crippen LogP) is 2.73. The van der Waals surface area contributed by atoms with Crippen molar-refractivity contribution in [3.63, 3.8) is 0 Å². The normalized spacial score (nSPS) is 18.9. The van der Waals surface area contributed by atoms with Crippen LogP contribution in [0.4, 0.5) is 0 Å². The number of benzene rings is 1. The topological polar surface area (TPSA) is 173 Å². The molecule has 3 N–H and O–H groups in total. The summed E-state index contributed by atoms with van der Waals surface area (Å²) in [5.74, 6) is -3.87. The molecule has 1 fully saturated rings. The van der Waals surface area contributed by atoms with Crippen LogP contribution in [0.1, 0.15) is 64.2 Å². The first kappa shape index (κ1) is 35.7. The molecule has 12 nitrogen and oxygen atoms in total. The Hall–Kier alpha value is -1.29. The number of imide groups is 1. The molecule has 1 heterocycles. The molecule has 1 aromatic carbocycles. The molecule has 2 atom stereocenters. The summed E-state index contributed by atoms with van der Waals surface area (Å²) in [5.41, 5.74) is 0. The number of carbonyl (C=O) groups is 4. The Kier molecular flexibility index (Phi) is 15.4. The zero-order chi connectivity index (χ0) is 28.3. The summed E-state index contributed by atoms with van der Waals surface area (Å²) in [4.78, 5) is 49.6. The average molecular weight is 622 g/mol. The van der Waals surface area contributed by atoms with Crippen molar-refractivity contribution < 1.29 is 51.7 Å². The van der Waals surface area contributed by atoms with E-state index in [2.05, 4.69) is 10.2 Å². The summed E-state index contributed by atoms with van der Waals surface area (Å²) >= 11 is 11.8. The van der Waals surface area contributed by atoms with Gasteiger partial charge in [0.15, 0.2) is 6.61 Å². The van der Waals surface area contributed by atoms with Gasteiger partial charge in [-0.25, -0.2) is 19.2 Å². The first-order chi connectivity index (χ1) is 17.8. The zero-order valence-corrected chi connectivity index (χ0v) is 22.9. The van der Waals surface area contributed by atoms with Gasteiger partial charge in [0.1, 0.15) is 17.0 Å². The molecular weight excluding hydrogens is 590 g/mol. The van der Waals surface area contributed by atoms with Crippen molar-refractivity contribution in [1.29, 1.82) is 0 Å². The standard InChI is InChI=1S/C23H30Cl2N2O10S.Na.H/c24-16-10-11-18(17(25)13-16)36-15-20(28)26-12-8-6-4-2-1-3-5-7-9-22(30)37-27(32)21(29)14-19(23(27)31)38(33,34)35;;/h10-11,13,19,32H,1-9,12,14-15H2,(H-,26,28,33,34,35);;/p+1.